The van der Waals surface area contributed by atoms with E-state index < -0.39 is 0 Å². The van der Waals surface area contributed by atoms with Crippen LogP contribution < -0.4 is 0 Å². The Morgan fingerprint density at radius 3 is 2.33 bits per heavy atom. The molecule has 0 heterocycles. The van der Waals surface area contributed by atoms with Crippen molar-refractivity contribution in [1.29, 1.82) is 0 Å². The van der Waals surface area contributed by atoms with Gasteiger partial charge >= 0.3 is 97.8 Å². The third-order valence-corrected chi connectivity index (χ3v) is 3.86. The van der Waals surface area contributed by atoms with E-state index in [-0.39, 0.29) is 15.0 Å². The van der Waals surface area contributed by atoms with Gasteiger partial charge in [0.2, 0.25) is 0 Å². The fourth-order valence-electron chi connectivity index (χ4n) is 1.07. The van der Waals surface area contributed by atoms with E-state index in [1.807, 2.05) is 30.3 Å². The zero-order chi connectivity index (χ0) is 11.3. The molecular formula is C12H18NOSe+. The SMILES string of the molecule is C[N+](C)(C)CC[Se]C(=O)c1ccccc1. The summed E-state index contributed by atoms with van der Waals surface area (Å²) in [6, 6.07) is 9.58. The Bertz CT molecular complexity index is 316. The summed E-state index contributed by atoms with van der Waals surface area (Å²) < 4.78 is 1.25. The maximum absolute atomic E-state index is 11.8. The van der Waals surface area contributed by atoms with E-state index in [0.717, 1.165) is 21.9 Å². The fraction of sp³-hybridized carbons (Fsp3) is 0.417. The summed E-state index contributed by atoms with van der Waals surface area (Å²) in [5, 5.41) is 1.02. The molecule has 1 aromatic rings. The summed E-state index contributed by atoms with van der Waals surface area (Å²) in [6.07, 6.45) is 0. The van der Waals surface area contributed by atoms with Crippen LogP contribution >= 0.6 is 0 Å². The topological polar surface area (TPSA) is 17.1 Å². The van der Waals surface area contributed by atoms with Gasteiger partial charge in [-0.3, -0.25) is 0 Å². The van der Waals surface area contributed by atoms with E-state index in [1.54, 1.807) is 0 Å². The molecule has 0 N–H and O–H groups in total. The molecule has 0 aromatic heterocycles. The van der Waals surface area contributed by atoms with Crippen LogP contribution in [0.1, 0.15) is 10.4 Å². The monoisotopic (exact) mass is 272 g/mol. The summed E-state index contributed by atoms with van der Waals surface area (Å²) in [7, 11) is 6.47. The Labute approximate surface area is 98.0 Å². The van der Waals surface area contributed by atoms with Crippen LogP contribution in [0.4, 0.5) is 0 Å². The second-order valence-corrected chi connectivity index (χ2v) is 6.76. The molecule has 0 unspecified atom stereocenters. The normalized spacial score (nSPS) is 11.4. The van der Waals surface area contributed by atoms with Gasteiger partial charge in [-0.1, -0.05) is 0 Å². The first-order valence-corrected chi connectivity index (χ1v) is 7.08. The van der Waals surface area contributed by atoms with Crippen LogP contribution in [0.3, 0.4) is 0 Å². The van der Waals surface area contributed by atoms with E-state index in [4.69, 9.17) is 0 Å². The number of benzene rings is 1. The van der Waals surface area contributed by atoms with Crippen LogP contribution in [0, 0.1) is 0 Å². The minimum atomic E-state index is 0.0902. The van der Waals surface area contributed by atoms with Gasteiger partial charge in [-0.15, -0.1) is 0 Å². The fourth-order valence-corrected chi connectivity index (χ4v) is 3.43. The number of quaternary nitrogens is 1. The van der Waals surface area contributed by atoms with Gasteiger partial charge in [-0.05, 0) is 0 Å². The first kappa shape index (κ1) is 12.4. The van der Waals surface area contributed by atoms with Gasteiger partial charge in [0, 0.05) is 0 Å². The second-order valence-electron chi connectivity index (χ2n) is 4.52. The zero-order valence-electron chi connectivity index (χ0n) is 9.56. The second kappa shape index (κ2) is 5.45. The number of rotatable bonds is 5. The molecule has 0 saturated heterocycles. The molecular weight excluding hydrogens is 253 g/mol. The Morgan fingerprint density at radius 2 is 1.80 bits per heavy atom. The van der Waals surface area contributed by atoms with Crippen LogP contribution in [0.15, 0.2) is 30.3 Å². The van der Waals surface area contributed by atoms with Crippen LogP contribution in [0.2, 0.25) is 5.32 Å². The van der Waals surface area contributed by atoms with Crippen molar-refractivity contribution in [1.82, 2.24) is 0 Å². The van der Waals surface area contributed by atoms with Gasteiger partial charge < -0.3 is 0 Å². The number of hydrogen-bond acceptors (Lipinski definition) is 1. The molecule has 0 atom stereocenters. The molecule has 0 bridgehead atoms. The van der Waals surface area contributed by atoms with Crippen LogP contribution in [0.25, 0.3) is 0 Å². The number of hydrogen-bond donors (Lipinski definition) is 0. The summed E-state index contributed by atoms with van der Waals surface area (Å²) >= 11 is 0.0902. The molecule has 82 valence electrons. The van der Waals surface area contributed by atoms with Crippen LogP contribution in [-0.2, 0) is 0 Å². The van der Waals surface area contributed by atoms with Crippen molar-refractivity contribution >= 4 is 19.6 Å². The number of carbonyl (C=O) groups excluding carboxylic acids is 1. The molecule has 3 heteroatoms. The van der Waals surface area contributed by atoms with Crippen molar-refractivity contribution in [2.75, 3.05) is 27.7 Å². The molecule has 0 saturated carbocycles. The Hall–Kier alpha value is -0.631. The van der Waals surface area contributed by atoms with Crippen molar-refractivity contribution in [2.45, 2.75) is 5.32 Å². The summed E-state index contributed by atoms with van der Waals surface area (Å²) in [6.45, 7) is 1.07. The molecule has 0 fully saturated rings. The molecule has 1 aromatic carbocycles. The molecule has 0 aliphatic rings. The third-order valence-electron chi connectivity index (χ3n) is 2.00. The van der Waals surface area contributed by atoms with E-state index in [1.165, 1.54) is 0 Å². The van der Waals surface area contributed by atoms with E-state index in [0.29, 0.717) is 4.68 Å². The molecule has 0 radical (unpaired) electrons. The Balaban J connectivity index is 2.38. The van der Waals surface area contributed by atoms with Gasteiger partial charge in [-0.2, -0.15) is 0 Å². The third kappa shape index (κ3) is 5.12. The predicted octanol–water partition coefficient (Wildman–Crippen LogP) is 1.66. The number of carbonyl (C=O) groups is 1. The average Bonchev–Trinajstić information content (AvgIpc) is 2.17. The van der Waals surface area contributed by atoms with Gasteiger partial charge in [-0.25, -0.2) is 0 Å². The predicted molar refractivity (Wildman–Crippen MR) is 64.2 cm³/mol. The van der Waals surface area contributed by atoms with E-state index in [2.05, 4.69) is 21.1 Å². The standard InChI is InChI=1S/C12H18NOSe/c1-13(2,3)9-10-15-12(14)11-7-5-4-6-8-11/h4-8H,9-10H2,1-3H3/q+1. The first-order chi connectivity index (χ1) is 6.99. The minimum absolute atomic E-state index is 0.0902. The van der Waals surface area contributed by atoms with Crippen molar-refractivity contribution in [3.63, 3.8) is 0 Å². The zero-order valence-corrected chi connectivity index (χ0v) is 11.3. The molecule has 0 aliphatic heterocycles. The van der Waals surface area contributed by atoms with Crippen LogP contribution in [-0.4, -0.2) is 51.8 Å². The Kier molecular flexibility index (Phi) is 4.52. The van der Waals surface area contributed by atoms with Crippen molar-refractivity contribution in [3.8, 4) is 0 Å². The van der Waals surface area contributed by atoms with Crippen molar-refractivity contribution in [3.05, 3.63) is 35.9 Å². The molecule has 2 nitrogen and oxygen atoms in total. The van der Waals surface area contributed by atoms with Gasteiger partial charge in [0.05, 0.1) is 0 Å². The van der Waals surface area contributed by atoms with Gasteiger partial charge in [0.25, 0.3) is 0 Å². The molecule has 1 rings (SSSR count). The number of nitrogens with zero attached hydrogens (tertiary/aromatic N) is 1. The summed E-state index contributed by atoms with van der Waals surface area (Å²) in [4.78, 5) is 11.8. The van der Waals surface area contributed by atoms with E-state index in [9.17, 15) is 4.79 Å². The summed E-state index contributed by atoms with van der Waals surface area (Å²) in [5.41, 5.74) is 0.860. The maximum atomic E-state index is 11.8. The quantitative estimate of drug-likeness (QED) is 0.588. The van der Waals surface area contributed by atoms with Gasteiger partial charge in [0.15, 0.2) is 0 Å². The van der Waals surface area contributed by atoms with E-state index >= 15 is 0 Å². The van der Waals surface area contributed by atoms with Crippen molar-refractivity contribution < 1.29 is 9.28 Å². The first-order valence-electron chi connectivity index (χ1n) is 5.02. The van der Waals surface area contributed by atoms with Crippen molar-refractivity contribution in [2.24, 2.45) is 0 Å². The molecule has 0 amide bonds. The van der Waals surface area contributed by atoms with Gasteiger partial charge in [0.1, 0.15) is 0 Å². The molecule has 0 aliphatic carbocycles. The Morgan fingerprint density at radius 1 is 1.20 bits per heavy atom. The molecule has 0 spiro atoms. The molecule has 15 heavy (non-hydrogen) atoms. The summed E-state index contributed by atoms with van der Waals surface area (Å²) in [5.74, 6) is 0. The van der Waals surface area contributed by atoms with Crippen LogP contribution in [0.5, 0.6) is 0 Å². The average molecular weight is 271 g/mol.